The van der Waals surface area contributed by atoms with Gasteiger partial charge in [0.2, 0.25) is 0 Å². The highest BCUT2D eigenvalue weighted by Gasteiger charge is 2.19. The van der Waals surface area contributed by atoms with Gasteiger partial charge in [0.25, 0.3) is 5.69 Å². The Morgan fingerprint density at radius 1 is 1.36 bits per heavy atom. The van der Waals surface area contributed by atoms with Gasteiger partial charge in [-0.3, -0.25) is 10.1 Å². The number of anilines is 1. The molecule has 0 radical (unpaired) electrons. The Labute approximate surface area is 91.2 Å². The lowest BCUT2D eigenvalue weighted by Gasteiger charge is -2.14. The summed E-state index contributed by atoms with van der Waals surface area (Å²) < 4.78 is 0. The van der Waals surface area contributed by atoms with Crippen LogP contribution < -0.4 is 4.90 Å². The molecular weight excluding hydrogens is 227 g/mol. The molecule has 0 unspecified atom stereocenters. The molecule has 1 aromatic rings. The van der Waals surface area contributed by atoms with E-state index in [1.165, 1.54) is 12.1 Å². The van der Waals surface area contributed by atoms with Crippen molar-refractivity contribution >= 4 is 34.6 Å². The molecule has 0 aliphatic rings. The Morgan fingerprint density at radius 2 is 1.93 bits per heavy atom. The molecule has 0 aromatic heterocycles. The molecule has 1 aromatic carbocycles. The Bertz CT molecular complexity index is 380. The number of rotatable bonds is 2. The molecule has 0 spiro atoms. The minimum absolute atomic E-state index is 0.0903. The maximum Gasteiger partial charge on any atom is 0.295 e. The molecule has 0 aliphatic heterocycles. The third-order valence-corrected chi connectivity index (χ3v) is 2.16. The van der Waals surface area contributed by atoms with Crippen molar-refractivity contribution in [2.45, 2.75) is 0 Å². The van der Waals surface area contributed by atoms with Crippen LogP contribution in [0, 0.1) is 10.1 Å². The SMILES string of the molecule is CN(C)c1c(Cl)cc(Cl)cc1[N+](=O)[O-]. The van der Waals surface area contributed by atoms with Crippen molar-refractivity contribution in [2.75, 3.05) is 19.0 Å². The Morgan fingerprint density at radius 3 is 2.36 bits per heavy atom. The average molecular weight is 235 g/mol. The van der Waals surface area contributed by atoms with E-state index in [2.05, 4.69) is 0 Å². The molecule has 0 bridgehead atoms. The van der Waals surface area contributed by atoms with Crippen molar-refractivity contribution in [3.63, 3.8) is 0 Å². The van der Waals surface area contributed by atoms with Gasteiger partial charge in [0.05, 0.1) is 9.95 Å². The van der Waals surface area contributed by atoms with E-state index in [9.17, 15) is 10.1 Å². The fraction of sp³-hybridized carbons (Fsp3) is 0.250. The van der Waals surface area contributed by atoms with Crippen LogP contribution in [0.4, 0.5) is 11.4 Å². The maximum absolute atomic E-state index is 10.7. The van der Waals surface area contributed by atoms with Gasteiger partial charge >= 0.3 is 0 Å². The van der Waals surface area contributed by atoms with E-state index < -0.39 is 4.92 Å². The minimum Gasteiger partial charge on any atom is -0.371 e. The molecular formula is C8H8Cl2N2O2. The van der Waals surface area contributed by atoms with Crippen LogP contribution in [0.15, 0.2) is 12.1 Å². The summed E-state index contributed by atoms with van der Waals surface area (Å²) in [6.07, 6.45) is 0. The van der Waals surface area contributed by atoms with Crippen LogP contribution in [0.2, 0.25) is 10.0 Å². The summed E-state index contributed by atoms with van der Waals surface area (Å²) in [5.74, 6) is 0. The van der Waals surface area contributed by atoms with Gasteiger partial charge in [0.1, 0.15) is 5.69 Å². The van der Waals surface area contributed by atoms with E-state index in [-0.39, 0.29) is 15.7 Å². The van der Waals surface area contributed by atoms with Crippen molar-refractivity contribution in [1.82, 2.24) is 0 Å². The molecule has 0 fully saturated rings. The molecule has 0 saturated heterocycles. The van der Waals surface area contributed by atoms with Crippen LogP contribution in [0.3, 0.4) is 0 Å². The second-order valence-corrected chi connectivity index (χ2v) is 3.75. The third kappa shape index (κ3) is 2.08. The van der Waals surface area contributed by atoms with Crippen molar-refractivity contribution in [1.29, 1.82) is 0 Å². The first-order valence-corrected chi connectivity index (χ1v) is 4.50. The molecule has 14 heavy (non-hydrogen) atoms. The highest BCUT2D eigenvalue weighted by molar-refractivity contribution is 6.37. The van der Waals surface area contributed by atoms with Crippen molar-refractivity contribution in [2.24, 2.45) is 0 Å². The van der Waals surface area contributed by atoms with Crippen molar-refractivity contribution in [3.8, 4) is 0 Å². The first kappa shape index (κ1) is 11.1. The number of nitro groups is 1. The number of halogens is 2. The predicted octanol–water partition coefficient (Wildman–Crippen LogP) is 2.97. The van der Waals surface area contributed by atoms with Crippen LogP contribution in [-0.4, -0.2) is 19.0 Å². The van der Waals surface area contributed by atoms with E-state index in [4.69, 9.17) is 23.2 Å². The molecule has 1 rings (SSSR count). The Kier molecular flexibility index (Phi) is 3.18. The maximum atomic E-state index is 10.7. The van der Waals surface area contributed by atoms with Crippen LogP contribution >= 0.6 is 23.2 Å². The molecule has 4 nitrogen and oxygen atoms in total. The van der Waals surface area contributed by atoms with Gasteiger partial charge in [-0.15, -0.1) is 0 Å². The fourth-order valence-electron chi connectivity index (χ4n) is 1.13. The topological polar surface area (TPSA) is 46.4 Å². The molecule has 0 heterocycles. The quantitative estimate of drug-likeness (QED) is 0.584. The van der Waals surface area contributed by atoms with Crippen LogP contribution in [0.25, 0.3) is 0 Å². The van der Waals surface area contributed by atoms with Gasteiger partial charge in [0.15, 0.2) is 0 Å². The van der Waals surface area contributed by atoms with E-state index in [0.717, 1.165) is 0 Å². The molecule has 0 saturated carbocycles. The van der Waals surface area contributed by atoms with Gasteiger partial charge in [-0.25, -0.2) is 0 Å². The first-order valence-electron chi connectivity index (χ1n) is 3.74. The van der Waals surface area contributed by atoms with Crippen LogP contribution in [0.1, 0.15) is 0 Å². The molecule has 0 amide bonds. The number of benzene rings is 1. The molecule has 0 atom stereocenters. The lowest BCUT2D eigenvalue weighted by molar-refractivity contribution is -0.384. The summed E-state index contributed by atoms with van der Waals surface area (Å²) >= 11 is 11.5. The summed E-state index contributed by atoms with van der Waals surface area (Å²) in [5, 5.41) is 11.2. The molecule has 0 aliphatic carbocycles. The number of hydrogen-bond donors (Lipinski definition) is 0. The summed E-state index contributed by atoms with van der Waals surface area (Å²) in [6.45, 7) is 0. The molecule has 6 heteroatoms. The van der Waals surface area contributed by atoms with Crippen molar-refractivity contribution in [3.05, 3.63) is 32.3 Å². The Hall–Kier alpha value is -1.00. The zero-order valence-corrected chi connectivity index (χ0v) is 9.13. The predicted molar refractivity (Wildman–Crippen MR) is 57.4 cm³/mol. The third-order valence-electron chi connectivity index (χ3n) is 1.65. The minimum atomic E-state index is -0.507. The molecule has 0 N–H and O–H groups in total. The number of nitrogens with zero attached hydrogens (tertiary/aromatic N) is 2. The average Bonchev–Trinajstić information content (AvgIpc) is 2.01. The van der Waals surface area contributed by atoms with Gasteiger partial charge in [0, 0.05) is 25.2 Å². The number of hydrogen-bond acceptors (Lipinski definition) is 3. The smallest absolute Gasteiger partial charge is 0.295 e. The van der Waals surface area contributed by atoms with Gasteiger partial charge in [-0.1, -0.05) is 23.2 Å². The second kappa shape index (κ2) is 4.02. The van der Waals surface area contributed by atoms with Gasteiger partial charge in [-0.2, -0.15) is 0 Å². The number of nitro benzene ring substituents is 1. The lowest BCUT2D eigenvalue weighted by atomic mass is 10.2. The van der Waals surface area contributed by atoms with Crippen molar-refractivity contribution < 1.29 is 4.92 Å². The van der Waals surface area contributed by atoms with E-state index >= 15 is 0 Å². The normalized spacial score (nSPS) is 10.0. The van der Waals surface area contributed by atoms with Crippen LogP contribution in [0.5, 0.6) is 0 Å². The zero-order valence-electron chi connectivity index (χ0n) is 7.62. The summed E-state index contributed by atoms with van der Waals surface area (Å²) in [4.78, 5) is 11.8. The highest BCUT2D eigenvalue weighted by atomic mass is 35.5. The van der Waals surface area contributed by atoms with Gasteiger partial charge in [-0.05, 0) is 6.07 Å². The first-order chi connectivity index (χ1) is 6.43. The molecule has 76 valence electrons. The Balaban J connectivity index is 3.44. The van der Waals surface area contributed by atoms with E-state index in [1.54, 1.807) is 19.0 Å². The zero-order chi connectivity index (χ0) is 10.9. The van der Waals surface area contributed by atoms with Crippen LogP contribution in [-0.2, 0) is 0 Å². The second-order valence-electron chi connectivity index (χ2n) is 2.91. The lowest BCUT2D eigenvalue weighted by Crippen LogP contribution is -2.11. The summed E-state index contributed by atoms with van der Waals surface area (Å²) in [7, 11) is 3.37. The summed E-state index contributed by atoms with van der Waals surface area (Å²) in [5.41, 5.74) is 0.272. The fourth-order valence-corrected chi connectivity index (χ4v) is 1.79. The van der Waals surface area contributed by atoms with E-state index in [0.29, 0.717) is 5.69 Å². The summed E-state index contributed by atoms with van der Waals surface area (Å²) in [6, 6.07) is 2.76. The monoisotopic (exact) mass is 234 g/mol. The van der Waals surface area contributed by atoms with E-state index in [1.807, 2.05) is 0 Å². The highest BCUT2D eigenvalue weighted by Crippen LogP contribution is 2.36. The van der Waals surface area contributed by atoms with Gasteiger partial charge < -0.3 is 4.90 Å². The largest absolute Gasteiger partial charge is 0.371 e. The standard InChI is InChI=1S/C8H8Cl2N2O2/c1-11(2)8-6(10)3-5(9)4-7(8)12(13)14/h3-4H,1-2H3.